The highest BCUT2D eigenvalue weighted by atomic mass is 32.2. The molecule has 0 saturated carbocycles. The minimum atomic E-state index is -0.196. The van der Waals surface area contributed by atoms with Crippen molar-refractivity contribution in [2.75, 3.05) is 30.5 Å². The van der Waals surface area contributed by atoms with E-state index >= 15 is 0 Å². The van der Waals surface area contributed by atoms with Gasteiger partial charge in [-0.15, -0.1) is 0 Å². The van der Waals surface area contributed by atoms with E-state index in [0.717, 1.165) is 17.9 Å². The molecule has 1 aromatic carbocycles. The van der Waals surface area contributed by atoms with Crippen LogP contribution in [0.15, 0.2) is 18.2 Å². The van der Waals surface area contributed by atoms with Crippen LogP contribution in [0, 0.1) is 5.82 Å². The second-order valence-electron chi connectivity index (χ2n) is 3.91. The molecule has 0 aliphatic heterocycles. The standard InChI is InChI=1S/C12H19FN2S/c1-9(14)10-4-5-12(11(13)8-10)15(2)6-7-16-3/h4-5,8-9H,6-7,14H2,1-3H3. The zero-order valence-electron chi connectivity index (χ0n) is 10.0. The Morgan fingerprint density at radius 2 is 2.19 bits per heavy atom. The molecule has 0 spiro atoms. The number of halogens is 1. The van der Waals surface area contributed by atoms with Crippen molar-refractivity contribution in [3.63, 3.8) is 0 Å². The van der Waals surface area contributed by atoms with Crippen LogP contribution < -0.4 is 10.6 Å². The first-order valence-electron chi connectivity index (χ1n) is 5.31. The van der Waals surface area contributed by atoms with Gasteiger partial charge in [0.25, 0.3) is 0 Å². The van der Waals surface area contributed by atoms with Crippen LogP contribution in [0.2, 0.25) is 0 Å². The maximum atomic E-state index is 13.8. The molecule has 0 saturated heterocycles. The summed E-state index contributed by atoms with van der Waals surface area (Å²) >= 11 is 1.75. The first-order chi connectivity index (χ1) is 7.56. The van der Waals surface area contributed by atoms with E-state index in [9.17, 15) is 4.39 Å². The number of benzene rings is 1. The van der Waals surface area contributed by atoms with E-state index in [2.05, 4.69) is 0 Å². The second kappa shape index (κ2) is 6.11. The lowest BCUT2D eigenvalue weighted by atomic mass is 10.1. The molecule has 4 heteroatoms. The topological polar surface area (TPSA) is 29.3 Å². The van der Waals surface area contributed by atoms with Crippen LogP contribution in [0.1, 0.15) is 18.5 Å². The van der Waals surface area contributed by atoms with Gasteiger partial charge in [-0.05, 0) is 30.9 Å². The Bertz CT molecular complexity index is 342. The predicted octanol–water partition coefficient (Wildman–Crippen LogP) is 2.64. The summed E-state index contributed by atoms with van der Waals surface area (Å²) < 4.78 is 13.8. The number of hydrogen-bond donors (Lipinski definition) is 1. The quantitative estimate of drug-likeness (QED) is 0.860. The van der Waals surface area contributed by atoms with Gasteiger partial charge in [0.15, 0.2) is 0 Å². The molecule has 0 fully saturated rings. The van der Waals surface area contributed by atoms with Gasteiger partial charge in [0.05, 0.1) is 5.69 Å². The Labute approximate surface area is 101 Å². The SMILES string of the molecule is CSCCN(C)c1ccc(C(C)N)cc1F. The molecule has 0 aliphatic carbocycles. The molecule has 90 valence electrons. The minimum Gasteiger partial charge on any atom is -0.371 e. The third-order valence-corrected chi connectivity index (χ3v) is 3.13. The number of rotatable bonds is 5. The maximum Gasteiger partial charge on any atom is 0.146 e. The summed E-state index contributed by atoms with van der Waals surface area (Å²) in [7, 11) is 1.90. The predicted molar refractivity (Wildman–Crippen MR) is 70.7 cm³/mol. The van der Waals surface area contributed by atoms with Crippen LogP contribution in [0.25, 0.3) is 0 Å². The number of thioether (sulfide) groups is 1. The molecule has 1 unspecified atom stereocenters. The van der Waals surface area contributed by atoms with Crippen LogP contribution in [-0.4, -0.2) is 25.6 Å². The van der Waals surface area contributed by atoms with E-state index in [-0.39, 0.29) is 11.9 Å². The molecule has 16 heavy (non-hydrogen) atoms. The van der Waals surface area contributed by atoms with E-state index < -0.39 is 0 Å². The molecular formula is C12H19FN2S. The van der Waals surface area contributed by atoms with Crippen molar-refractivity contribution in [3.05, 3.63) is 29.6 Å². The van der Waals surface area contributed by atoms with Crippen LogP contribution in [-0.2, 0) is 0 Å². The van der Waals surface area contributed by atoms with Crippen LogP contribution in [0.5, 0.6) is 0 Å². The summed E-state index contributed by atoms with van der Waals surface area (Å²) in [6.45, 7) is 2.70. The van der Waals surface area contributed by atoms with Crippen LogP contribution >= 0.6 is 11.8 Å². The van der Waals surface area contributed by atoms with Crippen molar-refractivity contribution in [3.8, 4) is 0 Å². The lowest BCUT2D eigenvalue weighted by molar-refractivity contribution is 0.618. The summed E-state index contributed by atoms with van der Waals surface area (Å²) in [5.74, 6) is 0.795. The van der Waals surface area contributed by atoms with Crippen LogP contribution in [0.4, 0.5) is 10.1 Å². The van der Waals surface area contributed by atoms with Crippen molar-refractivity contribution in [2.24, 2.45) is 5.73 Å². The zero-order valence-corrected chi connectivity index (χ0v) is 10.9. The molecular weight excluding hydrogens is 223 g/mol. The normalized spacial score (nSPS) is 12.6. The largest absolute Gasteiger partial charge is 0.371 e. The molecule has 2 N–H and O–H groups in total. The van der Waals surface area contributed by atoms with E-state index in [4.69, 9.17) is 5.73 Å². The molecule has 0 aromatic heterocycles. The van der Waals surface area contributed by atoms with Gasteiger partial charge in [-0.25, -0.2) is 4.39 Å². The third-order valence-electron chi connectivity index (χ3n) is 2.54. The molecule has 1 aromatic rings. The van der Waals surface area contributed by atoms with Gasteiger partial charge in [0.1, 0.15) is 5.82 Å². The highest BCUT2D eigenvalue weighted by Gasteiger charge is 2.09. The van der Waals surface area contributed by atoms with Crippen molar-refractivity contribution in [1.29, 1.82) is 0 Å². The van der Waals surface area contributed by atoms with Gasteiger partial charge < -0.3 is 10.6 Å². The Morgan fingerprint density at radius 3 is 2.69 bits per heavy atom. The summed E-state index contributed by atoms with van der Waals surface area (Å²) in [5, 5.41) is 0. The van der Waals surface area contributed by atoms with E-state index in [1.807, 2.05) is 31.2 Å². The van der Waals surface area contributed by atoms with Crippen molar-refractivity contribution < 1.29 is 4.39 Å². The van der Waals surface area contributed by atoms with Gasteiger partial charge in [-0.2, -0.15) is 11.8 Å². The Morgan fingerprint density at radius 1 is 1.50 bits per heavy atom. The Kier molecular flexibility index (Phi) is 5.09. The lowest BCUT2D eigenvalue weighted by Gasteiger charge is -2.20. The van der Waals surface area contributed by atoms with Crippen molar-refractivity contribution in [1.82, 2.24) is 0 Å². The van der Waals surface area contributed by atoms with Crippen LogP contribution in [0.3, 0.4) is 0 Å². The number of hydrogen-bond acceptors (Lipinski definition) is 3. The summed E-state index contributed by atoms with van der Waals surface area (Å²) in [6.07, 6.45) is 2.05. The van der Waals surface area contributed by atoms with Gasteiger partial charge in [0.2, 0.25) is 0 Å². The molecule has 0 bridgehead atoms. The second-order valence-corrected chi connectivity index (χ2v) is 4.90. The Hall–Kier alpha value is -0.740. The average Bonchev–Trinajstić information content (AvgIpc) is 2.25. The molecule has 0 amide bonds. The van der Waals surface area contributed by atoms with Gasteiger partial charge in [-0.3, -0.25) is 0 Å². The van der Waals surface area contributed by atoms with E-state index in [1.165, 1.54) is 6.07 Å². The molecule has 1 rings (SSSR count). The number of anilines is 1. The van der Waals surface area contributed by atoms with E-state index in [1.54, 1.807) is 17.8 Å². The average molecular weight is 242 g/mol. The molecule has 0 heterocycles. The van der Waals surface area contributed by atoms with E-state index in [0.29, 0.717) is 5.69 Å². The fraction of sp³-hybridized carbons (Fsp3) is 0.500. The van der Waals surface area contributed by atoms with Gasteiger partial charge >= 0.3 is 0 Å². The molecule has 0 radical (unpaired) electrons. The number of nitrogens with two attached hydrogens (primary N) is 1. The van der Waals surface area contributed by atoms with Crippen molar-refractivity contribution in [2.45, 2.75) is 13.0 Å². The van der Waals surface area contributed by atoms with Crippen molar-refractivity contribution >= 4 is 17.4 Å². The Balaban J connectivity index is 2.81. The highest BCUT2D eigenvalue weighted by Crippen LogP contribution is 2.21. The summed E-state index contributed by atoms with van der Waals surface area (Å²) in [4.78, 5) is 1.93. The molecule has 0 aliphatic rings. The zero-order chi connectivity index (χ0) is 12.1. The fourth-order valence-corrected chi connectivity index (χ4v) is 1.92. The lowest BCUT2D eigenvalue weighted by Crippen LogP contribution is -2.21. The first-order valence-corrected chi connectivity index (χ1v) is 6.70. The maximum absolute atomic E-state index is 13.8. The fourth-order valence-electron chi connectivity index (χ4n) is 1.46. The monoisotopic (exact) mass is 242 g/mol. The molecule has 2 nitrogen and oxygen atoms in total. The first kappa shape index (κ1) is 13.3. The highest BCUT2D eigenvalue weighted by molar-refractivity contribution is 7.98. The minimum absolute atomic E-state index is 0.125. The number of nitrogens with zero attached hydrogens (tertiary/aromatic N) is 1. The molecule has 1 atom stereocenters. The summed E-state index contributed by atoms with van der Waals surface area (Å²) in [5.41, 5.74) is 7.18. The van der Waals surface area contributed by atoms with Gasteiger partial charge in [-0.1, -0.05) is 6.07 Å². The third kappa shape index (κ3) is 3.39. The van der Waals surface area contributed by atoms with Gasteiger partial charge in [0, 0.05) is 25.4 Å². The summed E-state index contributed by atoms with van der Waals surface area (Å²) in [6, 6.07) is 5.09. The smallest absolute Gasteiger partial charge is 0.146 e.